The molecule has 2 rings (SSSR count). The number of nitrogens with one attached hydrogen (secondary N) is 1. The lowest BCUT2D eigenvalue weighted by atomic mass is 10.1. The van der Waals surface area contributed by atoms with Gasteiger partial charge in [-0.1, -0.05) is 17.3 Å². The molecule has 2 aromatic rings. The molecule has 23 heavy (non-hydrogen) atoms. The number of aromatic carboxylic acids is 1. The van der Waals surface area contributed by atoms with E-state index in [-0.39, 0.29) is 11.5 Å². The maximum atomic E-state index is 11.7. The monoisotopic (exact) mass is 317 g/mol. The van der Waals surface area contributed by atoms with Gasteiger partial charge in [0.25, 0.3) is 0 Å². The number of hydrogen-bond acceptors (Lipinski definition) is 5. The van der Waals surface area contributed by atoms with Crippen LogP contribution in [0.3, 0.4) is 0 Å². The van der Waals surface area contributed by atoms with Gasteiger partial charge in [-0.25, -0.2) is 4.79 Å². The first-order valence-electron chi connectivity index (χ1n) is 7.42. The molecule has 7 nitrogen and oxygen atoms in total. The van der Waals surface area contributed by atoms with Crippen molar-refractivity contribution in [3.8, 4) is 0 Å². The van der Waals surface area contributed by atoms with E-state index in [1.165, 1.54) is 0 Å². The molecule has 0 fully saturated rings. The highest BCUT2D eigenvalue weighted by Crippen LogP contribution is 2.05. The largest absolute Gasteiger partial charge is 0.478 e. The zero-order valence-corrected chi connectivity index (χ0v) is 12.9. The van der Waals surface area contributed by atoms with Crippen LogP contribution in [0.1, 0.15) is 40.5 Å². The maximum absolute atomic E-state index is 11.7. The lowest BCUT2D eigenvalue weighted by molar-refractivity contribution is -0.121. The molecular formula is C16H19N3O4. The Morgan fingerprint density at radius 2 is 1.96 bits per heavy atom. The molecule has 2 N–H and O–H groups in total. The van der Waals surface area contributed by atoms with Crippen LogP contribution < -0.4 is 5.32 Å². The van der Waals surface area contributed by atoms with Crippen molar-refractivity contribution >= 4 is 11.9 Å². The van der Waals surface area contributed by atoms with Gasteiger partial charge >= 0.3 is 5.97 Å². The molecule has 0 saturated heterocycles. The number of carbonyl (C=O) groups is 2. The molecule has 0 aliphatic heterocycles. The molecule has 0 spiro atoms. The molecule has 0 radical (unpaired) electrons. The van der Waals surface area contributed by atoms with Crippen molar-refractivity contribution in [2.45, 2.75) is 32.6 Å². The second-order valence-electron chi connectivity index (χ2n) is 5.19. The number of hydrogen-bond donors (Lipinski definition) is 2. The molecule has 0 saturated carbocycles. The lowest BCUT2D eigenvalue weighted by Crippen LogP contribution is -2.25. The van der Waals surface area contributed by atoms with Gasteiger partial charge in [-0.15, -0.1) is 0 Å². The Hall–Kier alpha value is -2.70. The van der Waals surface area contributed by atoms with Gasteiger partial charge < -0.3 is 14.9 Å². The van der Waals surface area contributed by atoms with Crippen LogP contribution >= 0.6 is 0 Å². The van der Waals surface area contributed by atoms with Crippen LogP contribution in [0.4, 0.5) is 0 Å². The summed E-state index contributed by atoms with van der Waals surface area (Å²) >= 11 is 0. The Kier molecular flexibility index (Phi) is 5.85. The third-order valence-corrected chi connectivity index (χ3v) is 3.30. The third kappa shape index (κ3) is 5.54. The Morgan fingerprint density at radius 3 is 2.57 bits per heavy atom. The van der Waals surface area contributed by atoms with Gasteiger partial charge in [0.2, 0.25) is 11.8 Å². The minimum Gasteiger partial charge on any atom is -0.478 e. The molecule has 0 aliphatic carbocycles. The first-order valence-corrected chi connectivity index (χ1v) is 7.42. The van der Waals surface area contributed by atoms with Gasteiger partial charge in [0.05, 0.1) is 5.56 Å². The van der Waals surface area contributed by atoms with E-state index in [2.05, 4.69) is 15.5 Å². The highest BCUT2D eigenvalue weighted by atomic mass is 16.5. The normalized spacial score (nSPS) is 10.5. The predicted octanol–water partition coefficient (Wildman–Crippen LogP) is 1.76. The summed E-state index contributed by atoms with van der Waals surface area (Å²) in [5.74, 6) is 0.178. The van der Waals surface area contributed by atoms with E-state index in [1.54, 1.807) is 31.2 Å². The predicted molar refractivity (Wildman–Crippen MR) is 82.1 cm³/mol. The molecule has 1 heterocycles. The summed E-state index contributed by atoms with van der Waals surface area (Å²) in [7, 11) is 0. The Bertz CT molecular complexity index is 664. The van der Waals surface area contributed by atoms with E-state index >= 15 is 0 Å². The molecular weight excluding hydrogens is 298 g/mol. The van der Waals surface area contributed by atoms with Crippen molar-refractivity contribution in [2.24, 2.45) is 0 Å². The number of benzene rings is 1. The van der Waals surface area contributed by atoms with Crippen LogP contribution in [-0.2, 0) is 17.6 Å². The molecule has 0 bridgehead atoms. The molecule has 1 aromatic heterocycles. The quantitative estimate of drug-likeness (QED) is 0.768. The van der Waals surface area contributed by atoms with Gasteiger partial charge in [-0.05, 0) is 37.5 Å². The van der Waals surface area contributed by atoms with E-state index < -0.39 is 5.97 Å². The summed E-state index contributed by atoms with van der Waals surface area (Å²) in [5, 5.41) is 15.3. The molecule has 0 unspecified atom stereocenters. The summed E-state index contributed by atoms with van der Waals surface area (Å²) < 4.78 is 4.98. The van der Waals surface area contributed by atoms with Crippen molar-refractivity contribution in [2.75, 3.05) is 6.54 Å². The summed E-state index contributed by atoms with van der Waals surface area (Å²) in [6, 6.07) is 6.64. The van der Waals surface area contributed by atoms with Gasteiger partial charge in [0.15, 0.2) is 5.82 Å². The molecule has 122 valence electrons. The standard InChI is InChI=1S/C16H19N3O4/c1-11-18-15(23-19-11)4-2-3-14(20)17-10-9-12-5-7-13(8-6-12)16(21)22/h5-8H,2-4,9-10H2,1H3,(H,17,20)(H,21,22). The summed E-state index contributed by atoms with van der Waals surface area (Å²) in [4.78, 5) is 26.5. The van der Waals surface area contributed by atoms with Crippen molar-refractivity contribution < 1.29 is 19.2 Å². The highest BCUT2D eigenvalue weighted by molar-refractivity contribution is 5.87. The number of rotatable bonds is 8. The fourth-order valence-electron chi connectivity index (χ4n) is 2.09. The van der Waals surface area contributed by atoms with Crippen LogP contribution in [0.15, 0.2) is 28.8 Å². The van der Waals surface area contributed by atoms with Gasteiger partial charge in [-0.2, -0.15) is 4.98 Å². The average Bonchev–Trinajstić information content (AvgIpc) is 2.93. The van der Waals surface area contributed by atoms with E-state index in [0.717, 1.165) is 5.56 Å². The first-order chi connectivity index (χ1) is 11.0. The second kappa shape index (κ2) is 8.07. The van der Waals surface area contributed by atoms with E-state index in [1.807, 2.05) is 0 Å². The van der Waals surface area contributed by atoms with Crippen molar-refractivity contribution in [1.29, 1.82) is 0 Å². The fraction of sp³-hybridized carbons (Fsp3) is 0.375. The second-order valence-corrected chi connectivity index (χ2v) is 5.19. The van der Waals surface area contributed by atoms with Crippen LogP contribution in [0.5, 0.6) is 0 Å². The van der Waals surface area contributed by atoms with Gasteiger partial charge in [-0.3, -0.25) is 4.79 Å². The zero-order chi connectivity index (χ0) is 16.7. The van der Waals surface area contributed by atoms with E-state index in [4.69, 9.17) is 9.63 Å². The zero-order valence-electron chi connectivity index (χ0n) is 12.9. The minimum atomic E-state index is -0.943. The van der Waals surface area contributed by atoms with Crippen molar-refractivity contribution in [3.63, 3.8) is 0 Å². The number of carbonyl (C=O) groups excluding carboxylic acids is 1. The van der Waals surface area contributed by atoms with Gasteiger partial charge in [0, 0.05) is 19.4 Å². The third-order valence-electron chi connectivity index (χ3n) is 3.30. The Morgan fingerprint density at radius 1 is 1.22 bits per heavy atom. The molecule has 0 atom stereocenters. The van der Waals surface area contributed by atoms with Gasteiger partial charge in [0.1, 0.15) is 0 Å². The number of nitrogens with zero attached hydrogens (tertiary/aromatic N) is 2. The minimum absolute atomic E-state index is 0.0246. The van der Waals surface area contributed by atoms with Crippen LogP contribution in [0.2, 0.25) is 0 Å². The molecule has 0 aliphatic rings. The van der Waals surface area contributed by atoms with Crippen LogP contribution in [0, 0.1) is 6.92 Å². The molecule has 7 heteroatoms. The van der Waals surface area contributed by atoms with Crippen LogP contribution in [0.25, 0.3) is 0 Å². The average molecular weight is 317 g/mol. The summed E-state index contributed by atoms with van der Waals surface area (Å²) in [6.07, 6.45) is 2.31. The molecule has 1 amide bonds. The summed E-state index contributed by atoms with van der Waals surface area (Å²) in [5.41, 5.74) is 1.24. The number of amides is 1. The maximum Gasteiger partial charge on any atom is 0.335 e. The SMILES string of the molecule is Cc1noc(CCCC(=O)NCCc2ccc(C(=O)O)cc2)n1. The number of carboxylic acids is 1. The lowest BCUT2D eigenvalue weighted by Gasteiger charge is -2.05. The van der Waals surface area contributed by atoms with Crippen LogP contribution in [-0.4, -0.2) is 33.7 Å². The number of aryl methyl sites for hydroxylation is 2. The van der Waals surface area contributed by atoms with Crippen molar-refractivity contribution in [3.05, 3.63) is 47.1 Å². The number of aromatic nitrogens is 2. The Balaban J connectivity index is 1.63. The number of carboxylic acid groups (broad SMARTS) is 1. The first kappa shape index (κ1) is 16.7. The topological polar surface area (TPSA) is 105 Å². The highest BCUT2D eigenvalue weighted by Gasteiger charge is 2.06. The van der Waals surface area contributed by atoms with Crippen molar-refractivity contribution in [1.82, 2.24) is 15.5 Å². The smallest absolute Gasteiger partial charge is 0.335 e. The molecule has 1 aromatic carbocycles. The van der Waals surface area contributed by atoms with E-state index in [0.29, 0.717) is 43.9 Å². The fourth-order valence-corrected chi connectivity index (χ4v) is 2.09. The van der Waals surface area contributed by atoms with E-state index in [9.17, 15) is 9.59 Å². The Labute approximate surface area is 133 Å². The summed E-state index contributed by atoms with van der Waals surface area (Å²) in [6.45, 7) is 2.27.